The van der Waals surface area contributed by atoms with Gasteiger partial charge in [0.1, 0.15) is 5.75 Å². The van der Waals surface area contributed by atoms with Crippen LogP contribution in [0, 0.1) is 0 Å². The topological polar surface area (TPSA) is 46.5 Å². The molecule has 100 valence electrons. The fraction of sp³-hybridized carbons (Fsp3) is 0. The van der Waals surface area contributed by atoms with Crippen LogP contribution in [0.4, 0.5) is 0 Å². The highest BCUT2D eigenvalue weighted by Crippen LogP contribution is 2.43. The summed E-state index contributed by atoms with van der Waals surface area (Å²) in [5, 5.41) is 1.96. The molecule has 1 N–H and O–H groups in total. The van der Waals surface area contributed by atoms with E-state index in [0.29, 0.717) is 11.1 Å². The molecule has 0 aliphatic carbocycles. The third-order valence-electron chi connectivity index (χ3n) is 3.04. The first kappa shape index (κ1) is 12.9. The number of para-hydroxylation sites is 1. The Balaban J connectivity index is 2.07. The molecule has 0 saturated carbocycles. The summed E-state index contributed by atoms with van der Waals surface area (Å²) in [6.07, 6.45) is 0. The van der Waals surface area contributed by atoms with E-state index in [-0.39, 0.29) is 0 Å². The van der Waals surface area contributed by atoms with Gasteiger partial charge in [-0.05, 0) is 29.0 Å². The first-order chi connectivity index (χ1) is 9.67. The van der Waals surface area contributed by atoms with Crippen LogP contribution in [-0.2, 0) is 4.57 Å². The lowest BCUT2D eigenvalue weighted by Crippen LogP contribution is -2.10. The average Bonchev–Trinajstić information content (AvgIpc) is 2.47. The monoisotopic (exact) mass is 284 g/mol. The first-order valence-electron chi connectivity index (χ1n) is 6.22. The highest BCUT2D eigenvalue weighted by Gasteiger charge is 2.26. The SMILES string of the molecule is O=P(O)(Oc1ccccc1)c1cccc2ccccc12. The van der Waals surface area contributed by atoms with E-state index in [0.717, 1.165) is 10.8 Å². The summed E-state index contributed by atoms with van der Waals surface area (Å²) in [6, 6.07) is 21.4. The summed E-state index contributed by atoms with van der Waals surface area (Å²) in [6.45, 7) is 0. The Morgan fingerprint density at radius 1 is 0.800 bits per heavy atom. The van der Waals surface area contributed by atoms with Gasteiger partial charge in [0.25, 0.3) is 0 Å². The van der Waals surface area contributed by atoms with Gasteiger partial charge in [-0.1, -0.05) is 54.6 Å². The Bertz CT molecular complexity index is 779. The van der Waals surface area contributed by atoms with Crippen LogP contribution in [-0.4, -0.2) is 4.89 Å². The highest BCUT2D eigenvalue weighted by molar-refractivity contribution is 7.62. The minimum atomic E-state index is -3.91. The van der Waals surface area contributed by atoms with Gasteiger partial charge in [-0.15, -0.1) is 0 Å². The molecule has 4 heteroatoms. The van der Waals surface area contributed by atoms with Crippen molar-refractivity contribution in [3.05, 3.63) is 72.8 Å². The van der Waals surface area contributed by atoms with Gasteiger partial charge in [-0.3, -0.25) is 0 Å². The number of rotatable bonds is 3. The van der Waals surface area contributed by atoms with E-state index in [9.17, 15) is 9.46 Å². The molecule has 1 atom stereocenters. The van der Waals surface area contributed by atoms with E-state index < -0.39 is 7.60 Å². The van der Waals surface area contributed by atoms with E-state index >= 15 is 0 Å². The van der Waals surface area contributed by atoms with Gasteiger partial charge in [0.05, 0.1) is 5.30 Å². The van der Waals surface area contributed by atoms with Gasteiger partial charge >= 0.3 is 7.60 Å². The van der Waals surface area contributed by atoms with Crippen LogP contribution in [0.15, 0.2) is 72.8 Å². The van der Waals surface area contributed by atoms with E-state index in [1.54, 1.807) is 36.4 Å². The largest absolute Gasteiger partial charge is 0.421 e. The predicted molar refractivity (Wildman–Crippen MR) is 80.5 cm³/mol. The lowest BCUT2D eigenvalue weighted by Gasteiger charge is -2.15. The maximum Gasteiger partial charge on any atom is 0.408 e. The van der Waals surface area contributed by atoms with Crippen molar-refractivity contribution in [1.29, 1.82) is 0 Å². The Labute approximate surface area is 117 Å². The Kier molecular flexibility index (Phi) is 3.31. The van der Waals surface area contributed by atoms with Crippen LogP contribution in [0.2, 0.25) is 0 Å². The molecule has 0 bridgehead atoms. The van der Waals surface area contributed by atoms with Gasteiger partial charge < -0.3 is 9.42 Å². The number of fused-ring (bicyclic) bond motifs is 1. The van der Waals surface area contributed by atoms with E-state index in [1.165, 1.54) is 0 Å². The van der Waals surface area contributed by atoms with E-state index in [1.807, 2.05) is 36.4 Å². The van der Waals surface area contributed by atoms with Crippen molar-refractivity contribution in [1.82, 2.24) is 0 Å². The van der Waals surface area contributed by atoms with Crippen molar-refractivity contribution in [2.45, 2.75) is 0 Å². The van der Waals surface area contributed by atoms with Crippen LogP contribution in [0.1, 0.15) is 0 Å². The molecule has 0 saturated heterocycles. The third-order valence-corrected chi connectivity index (χ3v) is 4.50. The molecule has 3 rings (SSSR count). The average molecular weight is 284 g/mol. The minimum Gasteiger partial charge on any atom is -0.421 e. The minimum absolute atomic E-state index is 0.319. The van der Waals surface area contributed by atoms with Crippen LogP contribution in [0.3, 0.4) is 0 Å². The molecule has 0 aliphatic heterocycles. The highest BCUT2D eigenvalue weighted by atomic mass is 31.2. The summed E-state index contributed by atoms with van der Waals surface area (Å²) in [4.78, 5) is 10.3. The summed E-state index contributed by atoms with van der Waals surface area (Å²) >= 11 is 0. The fourth-order valence-corrected chi connectivity index (χ4v) is 3.42. The smallest absolute Gasteiger partial charge is 0.408 e. The first-order valence-corrected chi connectivity index (χ1v) is 7.80. The standard InChI is InChI=1S/C16H13O3P/c17-20(18,19-14-9-2-1-3-10-14)16-12-6-8-13-7-4-5-11-15(13)16/h1-12H,(H,17,18). The molecule has 3 aromatic rings. The third kappa shape index (κ3) is 2.46. The second-order valence-corrected chi connectivity index (χ2v) is 6.13. The molecule has 0 aliphatic rings. The second kappa shape index (κ2) is 5.12. The Morgan fingerprint density at radius 3 is 2.25 bits per heavy atom. The zero-order valence-corrected chi connectivity index (χ0v) is 11.5. The fourth-order valence-electron chi connectivity index (χ4n) is 2.13. The van der Waals surface area contributed by atoms with Crippen molar-refractivity contribution in [3.8, 4) is 5.75 Å². The van der Waals surface area contributed by atoms with Crippen molar-refractivity contribution < 1.29 is 14.0 Å². The number of benzene rings is 3. The number of hydrogen-bond acceptors (Lipinski definition) is 2. The van der Waals surface area contributed by atoms with Gasteiger partial charge in [-0.25, -0.2) is 4.57 Å². The normalized spacial score (nSPS) is 13.8. The summed E-state index contributed by atoms with van der Waals surface area (Å²) in [7, 11) is -3.91. The van der Waals surface area contributed by atoms with Gasteiger partial charge in [-0.2, -0.15) is 0 Å². The Morgan fingerprint density at radius 2 is 1.45 bits per heavy atom. The summed E-state index contributed by atoms with van der Waals surface area (Å²) in [5.41, 5.74) is 0. The van der Waals surface area contributed by atoms with Crippen molar-refractivity contribution in [2.75, 3.05) is 0 Å². The number of hydrogen-bond donors (Lipinski definition) is 1. The second-order valence-electron chi connectivity index (χ2n) is 4.42. The van der Waals surface area contributed by atoms with Crippen LogP contribution >= 0.6 is 7.60 Å². The Hall–Kier alpha value is -2.09. The van der Waals surface area contributed by atoms with Crippen LogP contribution in [0.25, 0.3) is 10.8 Å². The molecule has 3 nitrogen and oxygen atoms in total. The molecule has 0 heterocycles. The quantitative estimate of drug-likeness (QED) is 0.745. The molecule has 0 fully saturated rings. The van der Waals surface area contributed by atoms with Gasteiger partial charge in [0.15, 0.2) is 0 Å². The lowest BCUT2D eigenvalue weighted by molar-refractivity contribution is 0.394. The maximum atomic E-state index is 12.5. The molecule has 3 aromatic carbocycles. The van der Waals surface area contributed by atoms with Crippen molar-refractivity contribution in [3.63, 3.8) is 0 Å². The summed E-state index contributed by atoms with van der Waals surface area (Å²) in [5.74, 6) is 0.381. The van der Waals surface area contributed by atoms with Crippen molar-refractivity contribution in [2.24, 2.45) is 0 Å². The molecule has 0 radical (unpaired) electrons. The van der Waals surface area contributed by atoms with E-state index in [4.69, 9.17) is 4.52 Å². The molecular weight excluding hydrogens is 271 g/mol. The molecular formula is C16H13O3P. The zero-order valence-electron chi connectivity index (χ0n) is 10.6. The maximum absolute atomic E-state index is 12.5. The summed E-state index contributed by atoms with van der Waals surface area (Å²) < 4.78 is 17.8. The lowest BCUT2D eigenvalue weighted by atomic mass is 10.1. The molecule has 0 aromatic heterocycles. The van der Waals surface area contributed by atoms with E-state index in [2.05, 4.69) is 0 Å². The van der Waals surface area contributed by atoms with Gasteiger partial charge in [0, 0.05) is 0 Å². The van der Waals surface area contributed by atoms with Crippen molar-refractivity contribution >= 4 is 23.7 Å². The molecule has 0 amide bonds. The van der Waals surface area contributed by atoms with Gasteiger partial charge in [0.2, 0.25) is 0 Å². The molecule has 20 heavy (non-hydrogen) atoms. The zero-order chi connectivity index (χ0) is 14.0. The molecule has 0 spiro atoms. The predicted octanol–water partition coefficient (Wildman–Crippen LogP) is 3.73. The molecule has 1 unspecified atom stereocenters. The van der Waals surface area contributed by atoms with Crippen LogP contribution < -0.4 is 9.83 Å². The van der Waals surface area contributed by atoms with Crippen LogP contribution in [0.5, 0.6) is 5.75 Å².